The van der Waals surface area contributed by atoms with E-state index < -0.39 is 5.41 Å². The molecule has 2 heteroatoms. The second kappa shape index (κ2) is 14.1. The first-order valence-electron chi connectivity index (χ1n) is 21.0. The number of nitrogens with zero attached hydrogens (tertiary/aromatic N) is 1. The maximum absolute atomic E-state index is 5.75. The van der Waals surface area contributed by atoms with Gasteiger partial charge in [-0.1, -0.05) is 182 Å². The van der Waals surface area contributed by atoms with Crippen molar-refractivity contribution in [1.29, 1.82) is 0 Å². The molecule has 2 aliphatic carbocycles. The highest BCUT2D eigenvalue weighted by Gasteiger charge is 2.50. The van der Waals surface area contributed by atoms with Crippen molar-refractivity contribution >= 4 is 17.1 Å². The van der Waals surface area contributed by atoms with Gasteiger partial charge in [0.1, 0.15) is 5.76 Å². The Hall–Kier alpha value is -7.94. The van der Waals surface area contributed by atoms with Crippen LogP contribution in [0.25, 0.3) is 67.0 Å². The largest absolute Gasteiger partial charge is 0.464 e. The molecule has 0 N–H and O–H groups in total. The SMILES string of the molecule is c1ccc(-c2ccc(N(c3ccc(-c4cccc(-c5ccco5)c4)cc3)c3cccc4c3-c3ccccc3C43c4ccccc4-c4ccccc4-c4ccccc43)cc2)cc1. The fourth-order valence-electron chi connectivity index (χ4n) is 10.2. The summed E-state index contributed by atoms with van der Waals surface area (Å²) in [5, 5.41) is 0. The summed E-state index contributed by atoms with van der Waals surface area (Å²) in [7, 11) is 0. The molecule has 10 aromatic rings. The van der Waals surface area contributed by atoms with Crippen LogP contribution in [0.2, 0.25) is 0 Å². The summed E-state index contributed by atoms with van der Waals surface area (Å²) in [6, 6.07) is 84.4. The molecule has 1 aromatic heterocycles. The van der Waals surface area contributed by atoms with Gasteiger partial charge in [-0.05, 0) is 121 Å². The van der Waals surface area contributed by atoms with Crippen LogP contribution in [0.5, 0.6) is 0 Å². The molecule has 61 heavy (non-hydrogen) atoms. The van der Waals surface area contributed by atoms with Crippen LogP contribution in [-0.2, 0) is 5.41 Å². The van der Waals surface area contributed by atoms with E-state index in [1.165, 1.54) is 66.8 Å². The number of hydrogen-bond acceptors (Lipinski definition) is 2. The minimum Gasteiger partial charge on any atom is -0.464 e. The van der Waals surface area contributed by atoms with Crippen molar-refractivity contribution in [3.8, 4) is 67.0 Å². The zero-order valence-corrected chi connectivity index (χ0v) is 33.4. The molecule has 0 saturated heterocycles. The minimum atomic E-state index is -0.570. The van der Waals surface area contributed by atoms with E-state index in [4.69, 9.17) is 4.42 Å². The number of furan rings is 1. The van der Waals surface area contributed by atoms with Gasteiger partial charge in [-0.2, -0.15) is 0 Å². The summed E-state index contributed by atoms with van der Waals surface area (Å²) in [5.74, 6) is 0.863. The van der Waals surface area contributed by atoms with E-state index in [1.54, 1.807) is 6.26 Å². The maximum atomic E-state index is 5.75. The third-order valence-corrected chi connectivity index (χ3v) is 12.8. The van der Waals surface area contributed by atoms with Crippen LogP contribution in [0, 0.1) is 0 Å². The monoisotopic (exact) mass is 777 g/mol. The molecule has 2 nitrogen and oxygen atoms in total. The average molecular weight is 778 g/mol. The molecule has 286 valence electrons. The lowest BCUT2D eigenvalue weighted by molar-refractivity contribution is 0.582. The van der Waals surface area contributed by atoms with E-state index >= 15 is 0 Å². The zero-order chi connectivity index (χ0) is 40.3. The van der Waals surface area contributed by atoms with Gasteiger partial charge in [0.15, 0.2) is 0 Å². The molecule has 0 unspecified atom stereocenters. The fourth-order valence-corrected chi connectivity index (χ4v) is 10.2. The van der Waals surface area contributed by atoms with Gasteiger partial charge >= 0.3 is 0 Å². The van der Waals surface area contributed by atoms with Crippen molar-refractivity contribution in [1.82, 2.24) is 0 Å². The summed E-state index contributed by atoms with van der Waals surface area (Å²) >= 11 is 0. The fraction of sp³-hybridized carbons (Fsp3) is 0.0169. The van der Waals surface area contributed by atoms with Crippen LogP contribution in [-0.4, -0.2) is 0 Å². The Labute approximate surface area is 356 Å². The second-order valence-electron chi connectivity index (χ2n) is 16.0. The standard InChI is InChI=1S/C59H39NO/c1-2-15-40(16-3-1)41-30-34-45(35-31-41)60(46-36-32-42(33-37-46)43-17-12-18-44(39-43)57-29-14-38-61-57)56-28-13-27-55-58(56)51-23-8-11-26-54(51)59(55)52-24-9-6-21-49(52)47-19-4-5-20-48(47)50-22-7-10-25-53(50)59/h1-39H. The average Bonchev–Trinajstić information content (AvgIpc) is 3.97. The highest BCUT2D eigenvalue weighted by atomic mass is 16.3. The van der Waals surface area contributed by atoms with Crippen molar-refractivity contribution < 1.29 is 4.42 Å². The Morgan fingerprint density at radius 3 is 1.38 bits per heavy atom. The number of hydrogen-bond donors (Lipinski definition) is 0. The van der Waals surface area contributed by atoms with Crippen LogP contribution in [0.15, 0.2) is 241 Å². The van der Waals surface area contributed by atoms with Gasteiger partial charge in [-0.3, -0.25) is 0 Å². The van der Waals surface area contributed by atoms with Crippen LogP contribution in [0.1, 0.15) is 22.3 Å². The Morgan fingerprint density at radius 1 is 0.311 bits per heavy atom. The van der Waals surface area contributed by atoms with Crippen LogP contribution < -0.4 is 4.90 Å². The highest BCUT2D eigenvalue weighted by molar-refractivity contribution is 6.01. The smallest absolute Gasteiger partial charge is 0.133 e. The molecule has 9 aromatic carbocycles. The van der Waals surface area contributed by atoms with Crippen molar-refractivity contribution in [2.75, 3.05) is 4.90 Å². The van der Waals surface area contributed by atoms with Crippen LogP contribution in [0.4, 0.5) is 17.1 Å². The van der Waals surface area contributed by atoms with Crippen molar-refractivity contribution in [2.45, 2.75) is 5.41 Å². The van der Waals surface area contributed by atoms with E-state index in [9.17, 15) is 0 Å². The molecule has 1 heterocycles. The Kier molecular flexibility index (Phi) is 8.11. The summed E-state index contributed by atoms with van der Waals surface area (Å²) in [6.07, 6.45) is 1.73. The third kappa shape index (κ3) is 5.43. The molecular formula is C59H39NO. The minimum absolute atomic E-state index is 0.570. The first-order valence-corrected chi connectivity index (χ1v) is 21.0. The summed E-state index contributed by atoms with van der Waals surface area (Å²) in [5.41, 5.74) is 21.2. The lowest BCUT2D eigenvalue weighted by Crippen LogP contribution is -2.29. The van der Waals surface area contributed by atoms with Gasteiger partial charge in [0.2, 0.25) is 0 Å². The number of benzene rings is 9. The molecule has 0 bridgehead atoms. The number of rotatable bonds is 6. The summed E-state index contributed by atoms with van der Waals surface area (Å²) < 4.78 is 5.75. The van der Waals surface area contributed by atoms with Gasteiger partial charge in [-0.25, -0.2) is 0 Å². The molecule has 1 spiro atoms. The molecule has 0 fully saturated rings. The molecule has 0 radical (unpaired) electrons. The summed E-state index contributed by atoms with van der Waals surface area (Å²) in [4.78, 5) is 2.45. The van der Waals surface area contributed by atoms with Crippen LogP contribution in [0.3, 0.4) is 0 Å². The van der Waals surface area contributed by atoms with Gasteiger partial charge in [0.25, 0.3) is 0 Å². The van der Waals surface area contributed by atoms with E-state index in [1.807, 2.05) is 12.1 Å². The number of fused-ring (bicyclic) bond motifs is 12. The highest BCUT2D eigenvalue weighted by Crippen LogP contribution is 2.63. The van der Waals surface area contributed by atoms with Crippen LogP contribution >= 0.6 is 0 Å². The Balaban J connectivity index is 1.09. The van der Waals surface area contributed by atoms with Gasteiger partial charge in [0.05, 0.1) is 17.4 Å². The molecule has 0 saturated carbocycles. The molecule has 0 amide bonds. The predicted octanol–water partition coefficient (Wildman–Crippen LogP) is 15.8. The van der Waals surface area contributed by atoms with E-state index in [2.05, 4.69) is 223 Å². The Bertz CT molecular complexity index is 3170. The van der Waals surface area contributed by atoms with Gasteiger partial charge in [0, 0.05) is 22.5 Å². The quantitative estimate of drug-likeness (QED) is 0.167. The second-order valence-corrected chi connectivity index (χ2v) is 16.0. The lowest BCUT2D eigenvalue weighted by Gasteiger charge is -2.35. The zero-order valence-electron chi connectivity index (χ0n) is 33.4. The van der Waals surface area contributed by atoms with E-state index in [-0.39, 0.29) is 0 Å². The van der Waals surface area contributed by atoms with Crippen molar-refractivity contribution in [2.24, 2.45) is 0 Å². The molecule has 0 aliphatic heterocycles. The van der Waals surface area contributed by atoms with Gasteiger partial charge < -0.3 is 9.32 Å². The molecule has 12 rings (SSSR count). The summed E-state index contributed by atoms with van der Waals surface area (Å²) in [6.45, 7) is 0. The van der Waals surface area contributed by atoms with Crippen molar-refractivity contribution in [3.63, 3.8) is 0 Å². The van der Waals surface area contributed by atoms with Gasteiger partial charge in [-0.15, -0.1) is 0 Å². The number of anilines is 3. The van der Waals surface area contributed by atoms with Crippen molar-refractivity contribution in [3.05, 3.63) is 259 Å². The van der Waals surface area contributed by atoms with E-state index in [0.717, 1.165) is 39.5 Å². The molecule has 2 aliphatic rings. The first kappa shape index (κ1) is 35.0. The topological polar surface area (TPSA) is 16.4 Å². The lowest BCUT2D eigenvalue weighted by atomic mass is 9.66. The first-order chi connectivity index (χ1) is 30.3. The normalized spacial score (nSPS) is 12.7. The third-order valence-electron chi connectivity index (χ3n) is 12.8. The predicted molar refractivity (Wildman–Crippen MR) is 251 cm³/mol. The Morgan fingerprint density at radius 2 is 0.770 bits per heavy atom. The van der Waals surface area contributed by atoms with E-state index in [0.29, 0.717) is 0 Å². The molecule has 0 atom stereocenters. The molecular weight excluding hydrogens is 739 g/mol. The maximum Gasteiger partial charge on any atom is 0.133 e.